The topological polar surface area (TPSA) is 26.3 Å². The Hall–Kier alpha value is -1.00. The van der Waals surface area contributed by atoms with Crippen LogP contribution in [0.2, 0.25) is 5.02 Å². The summed E-state index contributed by atoms with van der Waals surface area (Å²) in [6, 6.07) is 2.05. The van der Waals surface area contributed by atoms with Gasteiger partial charge in [0, 0.05) is 6.61 Å². The molecule has 1 aromatic carbocycles. The van der Waals surface area contributed by atoms with E-state index in [2.05, 4.69) is 0 Å². The number of ether oxygens (including phenoxy) is 1. The Labute approximate surface area is 110 Å². The van der Waals surface area contributed by atoms with Crippen LogP contribution in [0, 0.1) is 11.6 Å². The molecular weight excluding hydrogens is 262 g/mol. The monoisotopic (exact) mass is 276 g/mol. The fourth-order valence-corrected chi connectivity index (χ4v) is 1.88. The molecule has 0 bridgehead atoms. The van der Waals surface area contributed by atoms with Gasteiger partial charge in [-0.2, -0.15) is 0 Å². The molecule has 0 aliphatic carbocycles. The van der Waals surface area contributed by atoms with E-state index in [9.17, 15) is 13.6 Å². The van der Waals surface area contributed by atoms with Gasteiger partial charge in [0.05, 0.1) is 10.6 Å². The van der Waals surface area contributed by atoms with E-state index in [0.717, 1.165) is 12.1 Å². The minimum absolute atomic E-state index is 0.113. The molecule has 0 fully saturated rings. The highest BCUT2D eigenvalue weighted by Crippen LogP contribution is 2.29. The van der Waals surface area contributed by atoms with Crippen molar-refractivity contribution in [3.8, 4) is 0 Å². The quantitative estimate of drug-likeness (QED) is 0.600. The summed E-state index contributed by atoms with van der Waals surface area (Å²) in [5.41, 5.74) is -1.65. The second kappa shape index (κ2) is 5.76. The zero-order valence-electron chi connectivity index (χ0n) is 10.5. The zero-order valence-corrected chi connectivity index (χ0v) is 11.3. The van der Waals surface area contributed by atoms with E-state index in [1.165, 1.54) is 0 Å². The van der Waals surface area contributed by atoms with Gasteiger partial charge in [0.1, 0.15) is 5.60 Å². The lowest BCUT2D eigenvalue weighted by Gasteiger charge is -2.27. The maximum absolute atomic E-state index is 13.7. The molecule has 1 atom stereocenters. The first-order valence-corrected chi connectivity index (χ1v) is 6.07. The summed E-state index contributed by atoms with van der Waals surface area (Å²) in [6.07, 6.45) is 0.339. The molecule has 2 nitrogen and oxygen atoms in total. The number of rotatable bonds is 5. The predicted molar refractivity (Wildman–Crippen MR) is 66.0 cm³/mol. The molecule has 0 aromatic heterocycles. The molecule has 0 aliphatic heterocycles. The van der Waals surface area contributed by atoms with Gasteiger partial charge in [-0.25, -0.2) is 8.78 Å². The Morgan fingerprint density at radius 2 is 2.00 bits per heavy atom. The Morgan fingerprint density at radius 3 is 2.50 bits per heavy atom. The molecule has 0 N–H and O–H groups in total. The molecule has 0 heterocycles. The van der Waals surface area contributed by atoms with Gasteiger partial charge in [0.25, 0.3) is 0 Å². The first-order valence-electron chi connectivity index (χ1n) is 5.69. The van der Waals surface area contributed by atoms with Crippen LogP contribution in [0.4, 0.5) is 8.78 Å². The minimum atomic E-state index is -1.23. The van der Waals surface area contributed by atoms with E-state index in [1.54, 1.807) is 20.8 Å². The largest absolute Gasteiger partial charge is 0.367 e. The van der Waals surface area contributed by atoms with E-state index in [1.807, 2.05) is 0 Å². The summed E-state index contributed by atoms with van der Waals surface area (Å²) in [6.45, 7) is 5.30. The van der Waals surface area contributed by atoms with E-state index >= 15 is 0 Å². The van der Waals surface area contributed by atoms with Crippen LogP contribution in [0.5, 0.6) is 0 Å². The second-order valence-electron chi connectivity index (χ2n) is 4.06. The Balaban J connectivity index is 3.30. The fraction of sp³-hybridized carbons (Fsp3) is 0.462. The molecule has 1 rings (SSSR count). The molecule has 0 saturated heterocycles. The summed E-state index contributed by atoms with van der Waals surface area (Å²) in [5.74, 6) is -2.97. The maximum Gasteiger partial charge on any atom is 0.198 e. The van der Waals surface area contributed by atoms with Crippen LogP contribution < -0.4 is 0 Å². The van der Waals surface area contributed by atoms with Gasteiger partial charge in [-0.1, -0.05) is 18.5 Å². The molecule has 0 aliphatic rings. The fourth-order valence-electron chi connectivity index (χ4n) is 1.65. The molecule has 1 aromatic rings. The smallest absolute Gasteiger partial charge is 0.198 e. The second-order valence-corrected chi connectivity index (χ2v) is 4.47. The van der Waals surface area contributed by atoms with Crippen LogP contribution in [0.25, 0.3) is 0 Å². The molecule has 1 unspecified atom stereocenters. The summed E-state index contributed by atoms with van der Waals surface area (Å²) in [5, 5.41) is -0.113. The number of hydrogen-bond donors (Lipinski definition) is 0. The lowest BCUT2D eigenvalue weighted by atomic mass is 9.91. The van der Waals surface area contributed by atoms with Crippen molar-refractivity contribution in [1.82, 2.24) is 0 Å². The third kappa shape index (κ3) is 2.70. The van der Waals surface area contributed by atoms with E-state index in [-0.39, 0.29) is 5.02 Å². The van der Waals surface area contributed by atoms with Gasteiger partial charge in [-0.05, 0) is 32.4 Å². The molecule has 0 saturated carbocycles. The molecular formula is C13H15ClF2O2. The van der Waals surface area contributed by atoms with Crippen molar-refractivity contribution in [1.29, 1.82) is 0 Å². The van der Waals surface area contributed by atoms with E-state index < -0.39 is 28.6 Å². The Morgan fingerprint density at radius 1 is 1.39 bits per heavy atom. The molecule has 0 amide bonds. The van der Waals surface area contributed by atoms with Gasteiger partial charge < -0.3 is 4.74 Å². The highest BCUT2D eigenvalue weighted by molar-refractivity contribution is 6.34. The first kappa shape index (κ1) is 15.1. The van der Waals surface area contributed by atoms with Crippen LogP contribution in [0.15, 0.2) is 12.1 Å². The molecule has 0 spiro atoms. The molecule has 5 heteroatoms. The maximum atomic E-state index is 13.7. The summed E-state index contributed by atoms with van der Waals surface area (Å²) >= 11 is 5.78. The lowest BCUT2D eigenvalue weighted by Crippen LogP contribution is -2.38. The van der Waals surface area contributed by atoms with E-state index in [4.69, 9.17) is 16.3 Å². The normalized spacial score (nSPS) is 14.3. The number of hydrogen-bond acceptors (Lipinski definition) is 2. The summed E-state index contributed by atoms with van der Waals surface area (Å²) in [4.78, 5) is 12.3. The average molecular weight is 277 g/mol. The van der Waals surface area contributed by atoms with E-state index in [0.29, 0.717) is 13.0 Å². The SMILES string of the molecule is CCOC(C)(CC)C(=O)c1c(Cl)ccc(F)c1F. The Kier molecular flexibility index (Phi) is 4.82. The third-order valence-electron chi connectivity index (χ3n) is 2.89. The van der Waals surface area contributed by atoms with Gasteiger partial charge in [0.15, 0.2) is 17.4 Å². The van der Waals surface area contributed by atoms with Crippen LogP contribution >= 0.6 is 11.6 Å². The van der Waals surface area contributed by atoms with Crippen molar-refractivity contribution in [3.05, 3.63) is 34.4 Å². The number of Topliss-reactive ketones (excluding diaryl/α,β-unsaturated/α-hetero) is 1. The van der Waals surface area contributed by atoms with Gasteiger partial charge in [-0.15, -0.1) is 0 Å². The molecule has 100 valence electrons. The highest BCUT2D eigenvalue weighted by Gasteiger charge is 2.36. The lowest BCUT2D eigenvalue weighted by molar-refractivity contribution is -0.0119. The summed E-state index contributed by atoms with van der Waals surface area (Å²) in [7, 11) is 0. The van der Waals surface area contributed by atoms with Gasteiger partial charge in [0.2, 0.25) is 0 Å². The minimum Gasteiger partial charge on any atom is -0.367 e. The third-order valence-corrected chi connectivity index (χ3v) is 3.20. The van der Waals surface area contributed by atoms with Crippen LogP contribution in [0.3, 0.4) is 0 Å². The van der Waals surface area contributed by atoms with Crippen molar-refractivity contribution >= 4 is 17.4 Å². The zero-order chi connectivity index (χ0) is 13.9. The number of benzene rings is 1. The number of ketones is 1. The van der Waals surface area contributed by atoms with Gasteiger partial charge >= 0.3 is 0 Å². The first-order chi connectivity index (χ1) is 8.37. The standard InChI is InChI=1S/C13H15ClF2O2/c1-4-13(3,18-5-2)12(17)10-8(14)6-7-9(15)11(10)16/h6-7H,4-5H2,1-3H3. The number of halogens is 3. The van der Waals surface area contributed by atoms with Crippen molar-refractivity contribution in [2.24, 2.45) is 0 Å². The predicted octanol–water partition coefficient (Wildman–Crippen LogP) is 4.01. The van der Waals surface area contributed by atoms with Crippen LogP contribution in [-0.2, 0) is 4.74 Å². The van der Waals surface area contributed by atoms with Crippen molar-refractivity contribution in [3.63, 3.8) is 0 Å². The van der Waals surface area contributed by atoms with Gasteiger partial charge in [-0.3, -0.25) is 4.79 Å². The van der Waals surface area contributed by atoms with Crippen molar-refractivity contribution < 1.29 is 18.3 Å². The van der Waals surface area contributed by atoms with Crippen molar-refractivity contribution in [2.75, 3.05) is 6.61 Å². The molecule has 0 radical (unpaired) electrons. The number of carbonyl (C=O) groups excluding carboxylic acids is 1. The Bertz CT molecular complexity index is 463. The van der Waals surface area contributed by atoms with Crippen LogP contribution in [0.1, 0.15) is 37.6 Å². The average Bonchev–Trinajstić information content (AvgIpc) is 2.34. The van der Waals surface area contributed by atoms with Crippen molar-refractivity contribution in [2.45, 2.75) is 32.8 Å². The highest BCUT2D eigenvalue weighted by atomic mass is 35.5. The number of carbonyl (C=O) groups is 1. The molecule has 18 heavy (non-hydrogen) atoms. The summed E-state index contributed by atoms with van der Waals surface area (Å²) < 4.78 is 32.2. The van der Waals surface area contributed by atoms with Crippen LogP contribution in [-0.4, -0.2) is 18.0 Å².